The van der Waals surface area contributed by atoms with E-state index in [9.17, 15) is 0 Å². The molecule has 4 aromatic rings. The Kier molecular flexibility index (Phi) is 4.44. The van der Waals surface area contributed by atoms with Crippen molar-refractivity contribution in [2.75, 3.05) is 5.32 Å². The summed E-state index contributed by atoms with van der Waals surface area (Å²) in [5.74, 6) is 1.31. The van der Waals surface area contributed by atoms with Crippen LogP contribution in [0, 0.1) is 0 Å². The van der Waals surface area contributed by atoms with Gasteiger partial charge in [0.25, 0.3) is 0 Å². The standard InChI is InChI=1S/C21H22N4OS/c1-13(18-24-20(25-26-18)21(2,3)4)22-15-9-7-8-14(12-15)19-23-16-10-5-6-11-17(16)27-19/h5-13,22H,1-4H3/t13-/m0/s1. The zero-order valence-electron chi connectivity index (χ0n) is 15.9. The van der Waals surface area contributed by atoms with Gasteiger partial charge in [0, 0.05) is 16.7 Å². The molecule has 0 aliphatic carbocycles. The number of benzene rings is 2. The zero-order valence-corrected chi connectivity index (χ0v) is 16.7. The maximum atomic E-state index is 5.45. The van der Waals surface area contributed by atoms with Gasteiger partial charge in [-0.25, -0.2) is 4.98 Å². The van der Waals surface area contributed by atoms with Crippen molar-refractivity contribution in [3.8, 4) is 10.6 Å². The molecule has 0 aliphatic rings. The average Bonchev–Trinajstić information content (AvgIpc) is 3.29. The summed E-state index contributed by atoms with van der Waals surface area (Å²) >= 11 is 1.70. The second-order valence-corrected chi connectivity index (χ2v) is 8.67. The summed E-state index contributed by atoms with van der Waals surface area (Å²) in [7, 11) is 0. The van der Waals surface area contributed by atoms with Crippen LogP contribution in [-0.2, 0) is 5.41 Å². The van der Waals surface area contributed by atoms with E-state index in [1.54, 1.807) is 11.3 Å². The first-order valence-electron chi connectivity index (χ1n) is 8.97. The van der Waals surface area contributed by atoms with E-state index >= 15 is 0 Å². The van der Waals surface area contributed by atoms with Crippen LogP contribution in [0.25, 0.3) is 20.8 Å². The summed E-state index contributed by atoms with van der Waals surface area (Å²) in [6.45, 7) is 8.23. The molecular weight excluding hydrogens is 356 g/mol. The molecule has 138 valence electrons. The largest absolute Gasteiger partial charge is 0.374 e. The summed E-state index contributed by atoms with van der Waals surface area (Å²) in [5.41, 5.74) is 2.99. The van der Waals surface area contributed by atoms with Gasteiger partial charge in [-0.05, 0) is 31.2 Å². The lowest BCUT2D eigenvalue weighted by molar-refractivity contribution is 0.354. The van der Waals surface area contributed by atoms with Crippen LogP contribution in [0.5, 0.6) is 0 Å². The summed E-state index contributed by atoms with van der Waals surface area (Å²) in [6.07, 6.45) is 0. The molecule has 1 N–H and O–H groups in total. The molecule has 0 spiro atoms. The number of hydrogen-bond donors (Lipinski definition) is 1. The fourth-order valence-corrected chi connectivity index (χ4v) is 3.73. The van der Waals surface area contributed by atoms with Crippen molar-refractivity contribution in [3.63, 3.8) is 0 Å². The minimum absolute atomic E-state index is 0.0841. The number of rotatable bonds is 4. The highest BCUT2D eigenvalue weighted by Crippen LogP contribution is 2.32. The van der Waals surface area contributed by atoms with Gasteiger partial charge in [-0.15, -0.1) is 11.3 Å². The molecule has 2 aromatic heterocycles. The van der Waals surface area contributed by atoms with Crippen molar-refractivity contribution in [2.45, 2.75) is 39.2 Å². The number of anilines is 1. The highest BCUT2D eigenvalue weighted by atomic mass is 32.1. The third-order valence-electron chi connectivity index (χ3n) is 4.27. The molecule has 2 aromatic carbocycles. The van der Waals surface area contributed by atoms with Gasteiger partial charge < -0.3 is 9.84 Å². The number of thiazole rings is 1. The number of fused-ring (bicyclic) bond motifs is 1. The molecule has 0 saturated carbocycles. The van der Waals surface area contributed by atoms with Crippen LogP contribution in [0.3, 0.4) is 0 Å². The number of aromatic nitrogens is 3. The first-order chi connectivity index (χ1) is 12.9. The zero-order chi connectivity index (χ0) is 19.0. The second-order valence-electron chi connectivity index (χ2n) is 7.64. The number of para-hydroxylation sites is 1. The summed E-state index contributed by atoms with van der Waals surface area (Å²) in [4.78, 5) is 9.28. The fraction of sp³-hybridized carbons (Fsp3) is 0.286. The van der Waals surface area contributed by atoms with Crippen molar-refractivity contribution in [1.29, 1.82) is 0 Å². The van der Waals surface area contributed by atoms with Gasteiger partial charge >= 0.3 is 0 Å². The molecule has 0 aliphatic heterocycles. The molecule has 27 heavy (non-hydrogen) atoms. The van der Waals surface area contributed by atoms with E-state index in [4.69, 9.17) is 9.51 Å². The minimum atomic E-state index is -0.131. The molecule has 0 bridgehead atoms. The van der Waals surface area contributed by atoms with Gasteiger partial charge in [0.1, 0.15) is 11.0 Å². The second kappa shape index (κ2) is 6.78. The molecule has 4 rings (SSSR count). The first-order valence-corrected chi connectivity index (χ1v) is 9.78. The summed E-state index contributed by atoms with van der Waals surface area (Å²) < 4.78 is 6.64. The molecular formula is C21H22N4OS. The number of nitrogens with zero attached hydrogens (tertiary/aromatic N) is 3. The molecule has 0 amide bonds. The molecule has 6 heteroatoms. The monoisotopic (exact) mass is 378 g/mol. The lowest BCUT2D eigenvalue weighted by Gasteiger charge is -2.13. The van der Waals surface area contributed by atoms with E-state index in [0.29, 0.717) is 5.89 Å². The Hall–Kier alpha value is -2.73. The van der Waals surface area contributed by atoms with Crippen LogP contribution < -0.4 is 5.32 Å². The topological polar surface area (TPSA) is 63.8 Å². The predicted molar refractivity (Wildman–Crippen MR) is 110 cm³/mol. The predicted octanol–water partition coefficient (Wildman–Crippen LogP) is 5.82. The molecule has 0 unspecified atom stereocenters. The van der Waals surface area contributed by atoms with E-state index < -0.39 is 0 Å². The smallest absolute Gasteiger partial charge is 0.248 e. The van der Waals surface area contributed by atoms with Crippen molar-refractivity contribution in [3.05, 3.63) is 60.2 Å². The maximum Gasteiger partial charge on any atom is 0.248 e. The van der Waals surface area contributed by atoms with Gasteiger partial charge in [-0.2, -0.15) is 4.98 Å². The van der Waals surface area contributed by atoms with E-state index in [1.807, 2.05) is 37.3 Å². The Morgan fingerprint density at radius 2 is 1.85 bits per heavy atom. The number of hydrogen-bond acceptors (Lipinski definition) is 6. The van der Waals surface area contributed by atoms with Crippen molar-refractivity contribution in [1.82, 2.24) is 15.1 Å². The van der Waals surface area contributed by atoms with Crippen molar-refractivity contribution < 1.29 is 4.52 Å². The SMILES string of the molecule is C[C@H](Nc1cccc(-c2nc3ccccc3s2)c1)c1nc(C(C)(C)C)no1. The number of nitrogens with one attached hydrogen (secondary N) is 1. The van der Waals surface area contributed by atoms with Gasteiger partial charge in [-0.1, -0.05) is 50.2 Å². The maximum absolute atomic E-state index is 5.45. The Morgan fingerprint density at radius 3 is 2.59 bits per heavy atom. The summed E-state index contributed by atoms with van der Waals surface area (Å²) in [5, 5.41) is 8.57. The van der Waals surface area contributed by atoms with Crippen LogP contribution in [-0.4, -0.2) is 15.1 Å². The lowest BCUT2D eigenvalue weighted by Crippen LogP contribution is -2.14. The molecule has 5 nitrogen and oxygen atoms in total. The Morgan fingerprint density at radius 1 is 1.04 bits per heavy atom. The summed E-state index contributed by atoms with van der Waals surface area (Å²) in [6, 6.07) is 16.4. The molecule has 2 heterocycles. The Bertz CT molecular complexity index is 1040. The van der Waals surface area contributed by atoms with Crippen molar-refractivity contribution >= 4 is 27.2 Å². The molecule has 0 radical (unpaired) electrons. The van der Waals surface area contributed by atoms with Crippen LogP contribution in [0.2, 0.25) is 0 Å². The fourth-order valence-electron chi connectivity index (χ4n) is 2.77. The quantitative estimate of drug-likeness (QED) is 0.485. The highest BCUT2D eigenvalue weighted by molar-refractivity contribution is 7.21. The first kappa shape index (κ1) is 17.7. The normalized spacial score (nSPS) is 13.0. The molecule has 0 saturated heterocycles. The van der Waals surface area contributed by atoms with Crippen molar-refractivity contribution in [2.24, 2.45) is 0 Å². The highest BCUT2D eigenvalue weighted by Gasteiger charge is 2.23. The molecule has 0 fully saturated rings. The lowest BCUT2D eigenvalue weighted by atomic mass is 9.96. The minimum Gasteiger partial charge on any atom is -0.374 e. The van der Waals surface area contributed by atoms with Crippen LogP contribution in [0.4, 0.5) is 5.69 Å². The third-order valence-corrected chi connectivity index (χ3v) is 5.36. The Balaban J connectivity index is 1.56. The van der Waals surface area contributed by atoms with Crippen LogP contribution in [0.15, 0.2) is 53.1 Å². The van der Waals surface area contributed by atoms with E-state index in [2.05, 4.69) is 54.4 Å². The van der Waals surface area contributed by atoms with E-state index in [1.165, 1.54) is 4.70 Å². The van der Waals surface area contributed by atoms with E-state index in [-0.39, 0.29) is 11.5 Å². The average molecular weight is 379 g/mol. The Labute approximate surface area is 162 Å². The van der Waals surface area contributed by atoms with Gasteiger partial charge in [0.15, 0.2) is 5.82 Å². The van der Waals surface area contributed by atoms with Crippen LogP contribution in [0.1, 0.15) is 45.5 Å². The molecule has 1 atom stereocenters. The van der Waals surface area contributed by atoms with E-state index in [0.717, 1.165) is 27.6 Å². The van der Waals surface area contributed by atoms with Gasteiger partial charge in [0.05, 0.1) is 10.2 Å². The van der Waals surface area contributed by atoms with Gasteiger partial charge in [-0.3, -0.25) is 0 Å². The van der Waals surface area contributed by atoms with Gasteiger partial charge in [0.2, 0.25) is 5.89 Å². The third kappa shape index (κ3) is 3.71. The van der Waals surface area contributed by atoms with Crippen LogP contribution >= 0.6 is 11.3 Å².